The van der Waals surface area contributed by atoms with Gasteiger partial charge in [-0.05, 0) is 37.6 Å². The summed E-state index contributed by atoms with van der Waals surface area (Å²) < 4.78 is 26.3. The van der Waals surface area contributed by atoms with E-state index >= 15 is 0 Å². The SMILES string of the molecule is COc1cc(C(=O)OCC(=O)NCCOc2ccc(C)cc2C)cc(OC)c1OC. The second-order valence-electron chi connectivity index (χ2n) is 6.46. The van der Waals surface area contributed by atoms with Crippen LogP contribution in [0.25, 0.3) is 0 Å². The van der Waals surface area contributed by atoms with Crippen LogP contribution >= 0.6 is 0 Å². The lowest BCUT2D eigenvalue weighted by molar-refractivity contribution is -0.124. The molecule has 2 aromatic carbocycles. The lowest BCUT2D eigenvalue weighted by Crippen LogP contribution is -2.32. The Hall–Kier alpha value is -3.42. The normalized spacial score (nSPS) is 10.2. The van der Waals surface area contributed by atoms with Crippen LogP contribution in [0.3, 0.4) is 0 Å². The molecule has 162 valence electrons. The molecule has 0 aliphatic rings. The van der Waals surface area contributed by atoms with Crippen molar-refractivity contribution in [3.63, 3.8) is 0 Å². The van der Waals surface area contributed by atoms with Crippen LogP contribution in [0.4, 0.5) is 0 Å². The van der Waals surface area contributed by atoms with E-state index in [-0.39, 0.29) is 12.1 Å². The first-order valence-corrected chi connectivity index (χ1v) is 9.33. The number of ether oxygens (including phenoxy) is 5. The van der Waals surface area contributed by atoms with Crippen molar-refractivity contribution in [2.75, 3.05) is 41.1 Å². The number of rotatable bonds is 10. The van der Waals surface area contributed by atoms with E-state index in [9.17, 15) is 9.59 Å². The number of hydrogen-bond acceptors (Lipinski definition) is 7. The molecule has 0 aliphatic heterocycles. The van der Waals surface area contributed by atoms with Crippen LogP contribution in [0.1, 0.15) is 21.5 Å². The summed E-state index contributed by atoms with van der Waals surface area (Å²) in [5.41, 5.74) is 2.36. The largest absolute Gasteiger partial charge is 0.493 e. The number of methoxy groups -OCH3 is 3. The van der Waals surface area contributed by atoms with Crippen molar-refractivity contribution in [3.05, 3.63) is 47.0 Å². The predicted octanol–water partition coefficient (Wildman–Crippen LogP) is 2.68. The molecule has 0 unspecified atom stereocenters. The monoisotopic (exact) mass is 417 g/mol. The van der Waals surface area contributed by atoms with E-state index in [0.717, 1.165) is 16.9 Å². The Labute approximate surface area is 176 Å². The summed E-state index contributed by atoms with van der Waals surface area (Å²) in [7, 11) is 4.35. The Kier molecular flexibility index (Phi) is 8.34. The zero-order valence-corrected chi connectivity index (χ0v) is 17.9. The van der Waals surface area contributed by atoms with Crippen LogP contribution in [-0.2, 0) is 9.53 Å². The fourth-order valence-electron chi connectivity index (χ4n) is 2.78. The van der Waals surface area contributed by atoms with Crippen molar-refractivity contribution in [2.45, 2.75) is 13.8 Å². The Morgan fingerprint density at radius 3 is 2.13 bits per heavy atom. The summed E-state index contributed by atoms with van der Waals surface area (Å²) in [5.74, 6) is 0.645. The molecule has 0 spiro atoms. The molecular formula is C22H27NO7. The number of carbonyl (C=O) groups is 2. The molecular weight excluding hydrogens is 390 g/mol. The van der Waals surface area contributed by atoms with Crippen LogP contribution in [0.15, 0.2) is 30.3 Å². The summed E-state index contributed by atoms with van der Waals surface area (Å²) >= 11 is 0. The van der Waals surface area contributed by atoms with Crippen molar-refractivity contribution in [3.8, 4) is 23.0 Å². The lowest BCUT2D eigenvalue weighted by Gasteiger charge is -2.14. The predicted molar refractivity (Wildman–Crippen MR) is 111 cm³/mol. The molecule has 0 heterocycles. The van der Waals surface area contributed by atoms with Gasteiger partial charge in [0.25, 0.3) is 5.91 Å². The Morgan fingerprint density at radius 1 is 0.900 bits per heavy atom. The molecule has 1 amide bonds. The summed E-state index contributed by atoms with van der Waals surface area (Å²) in [6, 6.07) is 8.80. The Balaban J connectivity index is 1.82. The molecule has 8 nitrogen and oxygen atoms in total. The van der Waals surface area contributed by atoms with Gasteiger partial charge in [-0.25, -0.2) is 4.79 Å². The van der Waals surface area contributed by atoms with Gasteiger partial charge in [-0.2, -0.15) is 0 Å². The van der Waals surface area contributed by atoms with E-state index < -0.39 is 18.5 Å². The summed E-state index contributed by atoms with van der Waals surface area (Å²) in [4.78, 5) is 24.2. The summed E-state index contributed by atoms with van der Waals surface area (Å²) in [6.45, 7) is 4.14. The maximum atomic E-state index is 12.3. The molecule has 0 bridgehead atoms. The summed E-state index contributed by atoms with van der Waals surface area (Å²) in [6.07, 6.45) is 0. The van der Waals surface area contributed by atoms with Gasteiger partial charge in [0.2, 0.25) is 5.75 Å². The van der Waals surface area contributed by atoms with E-state index in [0.29, 0.717) is 23.9 Å². The quantitative estimate of drug-likeness (QED) is 0.469. The van der Waals surface area contributed by atoms with Crippen LogP contribution in [0, 0.1) is 13.8 Å². The average molecular weight is 417 g/mol. The third-order valence-electron chi connectivity index (χ3n) is 4.25. The molecule has 0 aromatic heterocycles. The fourth-order valence-corrected chi connectivity index (χ4v) is 2.78. The summed E-state index contributed by atoms with van der Waals surface area (Å²) in [5, 5.41) is 2.64. The molecule has 2 aromatic rings. The number of benzene rings is 2. The highest BCUT2D eigenvalue weighted by molar-refractivity contribution is 5.92. The molecule has 0 saturated carbocycles. The van der Waals surface area contributed by atoms with Crippen molar-refractivity contribution in [1.82, 2.24) is 5.32 Å². The third-order valence-corrected chi connectivity index (χ3v) is 4.25. The van der Waals surface area contributed by atoms with Crippen LogP contribution in [0.2, 0.25) is 0 Å². The second-order valence-corrected chi connectivity index (χ2v) is 6.46. The minimum Gasteiger partial charge on any atom is -0.493 e. The first-order chi connectivity index (χ1) is 14.4. The first kappa shape index (κ1) is 22.9. The Bertz CT molecular complexity index is 870. The van der Waals surface area contributed by atoms with Gasteiger partial charge < -0.3 is 29.0 Å². The number of aryl methyl sites for hydroxylation is 2. The van der Waals surface area contributed by atoms with E-state index in [2.05, 4.69) is 5.32 Å². The number of esters is 1. The van der Waals surface area contributed by atoms with Gasteiger partial charge in [0.1, 0.15) is 12.4 Å². The van der Waals surface area contributed by atoms with Crippen molar-refractivity contribution in [1.29, 1.82) is 0 Å². The van der Waals surface area contributed by atoms with Gasteiger partial charge in [0, 0.05) is 0 Å². The number of amides is 1. The third kappa shape index (κ3) is 6.04. The topological polar surface area (TPSA) is 92.3 Å². The standard InChI is InChI=1S/C22H27NO7/c1-14-6-7-17(15(2)10-14)29-9-8-23-20(24)13-30-22(25)16-11-18(26-3)21(28-5)19(12-16)27-4/h6-7,10-12H,8-9,13H2,1-5H3,(H,23,24). The van der Waals surface area contributed by atoms with E-state index in [1.807, 2.05) is 32.0 Å². The molecule has 8 heteroatoms. The van der Waals surface area contributed by atoms with E-state index in [1.54, 1.807) is 0 Å². The van der Waals surface area contributed by atoms with Crippen LogP contribution in [0.5, 0.6) is 23.0 Å². The lowest BCUT2D eigenvalue weighted by atomic mass is 10.1. The highest BCUT2D eigenvalue weighted by Crippen LogP contribution is 2.38. The van der Waals surface area contributed by atoms with Crippen LogP contribution < -0.4 is 24.3 Å². The molecule has 30 heavy (non-hydrogen) atoms. The number of nitrogens with one attached hydrogen (secondary N) is 1. The van der Waals surface area contributed by atoms with Gasteiger partial charge in [-0.15, -0.1) is 0 Å². The molecule has 0 radical (unpaired) electrons. The molecule has 1 N–H and O–H groups in total. The maximum Gasteiger partial charge on any atom is 0.338 e. The van der Waals surface area contributed by atoms with Crippen LogP contribution in [-0.4, -0.2) is 53.0 Å². The highest BCUT2D eigenvalue weighted by Gasteiger charge is 2.18. The van der Waals surface area contributed by atoms with Crippen molar-refractivity contribution < 1.29 is 33.3 Å². The second kappa shape index (κ2) is 10.9. The van der Waals surface area contributed by atoms with Gasteiger partial charge in [0.15, 0.2) is 18.1 Å². The van der Waals surface area contributed by atoms with E-state index in [1.165, 1.54) is 33.5 Å². The molecule has 0 fully saturated rings. The maximum absolute atomic E-state index is 12.3. The van der Waals surface area contributed by atoms with Crippen molar-refractivity contribution in [2.24, 2.45) is 0 Å². The average Bonchev–Trinajstić information content (AvgIpc) is 2.74. The van der Waals surface area contributed by atoms with Gasteiger partial charge in [-0.1, -0.05) is 17.7 Å². The molecule has 0 saturated heterocycles. The highest BCUT2D eigenvalue weighted by atomic mass is 16.5. The van der Waals surface area contributed by atoms with Gasteiger partial charge in [-0.3, -0.25) is 4.79 Å². The smallest absolute Gasteiger partial charge is 0.338 e. The van der Waals surface area contributed by atoms with E-state index in [4.69, 9.17) is 23.7 Å². The van der Waals surface area contributed by atoms with Crippen molar-refractivity contribution >= 4 is 11.9 Å². The number of hydrogen-bond donors (Lipinski definition) is 1. The minimum atomic E-state index is -0.684. The first-order valence-electron chi connectivity index (χ1n) is 9.33. The van der Waals surface area contributed by atoms with Gasteiger partial charge in [0.05, 0.1) is 33.4 Å². The van der Waals surface area contributed by atoms with Gasteiger partial charge >= 0.3 is 5.97 Å². The number of carbonyl (C=O) groups excluding carboxylic acids is 2. The zero-order valence-electron chi connectivity index (χ0n) is 17.9. The fraction of sp³-hybridized carbons (Fsp3) is 0.364. The minimum absolute atomic E-state index is 0.176. The zero-order chi connectivity index (χ0) is 22.1. The Morgan fingerprint density at radius 2 is 1.57 bits per heavy atom. The molecule has 2 rings (SSSR count). The molecule has 0 aliphatic carbocycles. The molecule has 0 atom stereocenters.